The van der Waals surface area contributed by atoms with Gasteiger partial charge in [0.15, 0.2) is 0 Å². The summed E-state index contributed by atoms with van der Waals surface area (Å²) in [5.41, 5.74) is 7.31. The number of nitrogens with two attached hydrogens (primary N) is 1. The van der Waals surface area contributed by atoms with Crippen LogP contribution in [0.3, 0.4) is 0 Å². The fraction of sp³-hybridized carbons (Fsp3) is 0.417. The number of aliphatic imine (C=N–C) groups is 2. The van der Waals surface area contributed by atoms with Gasteiger partial charge in [-0.15, -0.1) is 0 Å². The zero-order valence-corrected chi connectivity index (χ0v) is 20.3. The van der Waals surface area contributed by atoms with Crippen molar-refractivity contribution in [1.29, 1.82) is 0 Å². The summed E-state index contributed by atoms with van der Waals surface area (Å²) in [5, 5.41) is 17.7. The Balaban J connectivity index is 1.47. The van der Waals surface area contributed by atoms with Gasteiger partial charge in [-0.3, -0.25) is 19.7 Å². The number of fused-ring (bicyclic) bond motifs is 1. The van der Waals surface area contributed by atoms with Crippen LogP contribution in [-0.2, 0) is 14.4 Å². The van der Waals surface area contributed by atoms with Crippen molar-refractivity contribution < 1.29 is 24.3 Å². The van der Waals surface area contributed by atoms with E-state index in [1.54, 1.807) is 49.3 Å². The lowest BCUT2D eigenvalue weighted by Gasteiger charge is -2.20. The van der Waals surface area contributed by atoms with Gasteiger partial charge in [-0.2, -0.15) is 4.99 Å². The highest BCUT2D eigenvalue weighted by molar-refractivity contribution is 6.19. The number of carboxylic acids is 1. The second-order valence-corrected chi connectivity index (χ2v) is 8.57. The fourth-order valence-corrected chi connectivity index (χ4v) is 3.88. The number of hydrogen-bond donors (Lipinski definition) is 5. The Bertz CT molecular complexity index is 1110. The molecule has 2 aliphatic rings. The van der Waals surface area contributed by atoms with Crippen LogP contribution < -0.4 is 21.7 Å². The predicted molar refractivity (Wildman–Crippen MR) is 134 cm³/mol. The molecule has 1 unspecified atom stereocenters. The zero-order valence-electron chi connectivity index (χ0n) is 20.3. The monoisotopic (exact) mass is 497 g/mol. The summed E-state index contributed by atoms with van der Waals surface area (Å²) in [7, 11) is 1.72. The minimum absolute atomic E-state index is 0.0210. The summed E-state index contributed by atoms with van der Waals surface area (Å²) in [6.07, 6.45) is 3.47. The molecular formula is C24H31N7O5. The normalized spacial score (nSPS) is 17.1. The van der Waals surface area contributed by atoms with E-state index in [0.29, 0.717) is 49.4 Å². The Labute approximate surface area is 208 Å². The number of unbranched alkanes of at least 4 members (excludes halogenated alkanes) is 1. The van der Waals surface area contributed by atoms with Gasteiger partial charge in [-0.05, 0) is 49.1 Å². The molecule has 0 aromatic heterocycles. The van der Waals surface area contributed by atoms with E-state index in [4.69, 9.17) is 5.73 Å². The number of hydrogen-bond acceptors (Lipinski definition) is 8. The third-order valence-corrected chi connectivity index (χ3v) is 5.95. The molecule has 36 heavy (non-hydrogen) atoms. The molecule has 2 aliphatic heterocycles. The molecule has 0 spiro atoms. The maximum Gasteiger partial charge on any atom is 0.326 e. The van der Waals surface area contributed by atoms with Gasteiger partial charge < -0.3 is 26.4 Å². The number of nitrogens with zero attached hydrogens (tertiary/aromatic N) is 3. The van der Waals surface area contributed by atoms with Gasteiger partial charge in [0, 0.05) is 44.0 Å². The molecule has 12 nitrogen and oxygen atoms in total. The molecule has 0 aliphatic carbocycles. The lowest BCUT2D eigenvalue weighted by molar-refractivity contribution is -0.139. The summed E-state index contributed by atoms with van der Waals surface area (Å²) in [6.45, 7) is 2.67. The van der Waals surface area contributed by atoms with Gasteiger partial charge in [0.05, 0.1) is 0 Å². The van der Waals surface area contributed by atoms with E-state index in [1.165, 1.54) is 0 Å². The minimum atomic E-state index is -1.11. The van der Waals surface area contributed by atoms with Crippen LogP contribution in [0.25, 0.3) is 0 Å². The Morgan fingerprint density at radius 3 is 2.61 bits per heavy atom. The van der Waals surface area contributed by atoms with E-state index >= 15 is 0 Å². The Kier molecular flexibility index (Phi) is 8.76. The van der Waals surface area contributed by atoms with E-state index in [-0.39, 0.29) is 24.2 Å². The quantitative estimate of drug-likeness (QED) is 0.263. The zero-order chi connectivity index (χ0) is 26.2. The van der Waals surface area contributed by atoms with Crippen LogP contribution in [0.5, 0.6) is 0 Å². The molecule has 3 rings (SSSR count). The molecule has 0 saturated carbocycles. The first kappa shape index (κ1) is 26.4. The SMILES string of the molecule is CCC(=O)N(C)CCCC[C@H](NC(=O)c1ccc(NCC2=CN=C3N=C(N)NC(=O)C23)cc1)C(=O)O. The number of guanidine groups is 1. The van der Waals surface area contributed by atoms with Crippen molar-refractivity contribution in [3.8, 4) is 0 Å². The maximum atomic E-state index is 12.6. The van der Waals surface area contributed by atoms with Crippen LogP contribution in [0, 0.1) is 5.92 Å². The minimum Gasteiger partial charge on any atom is -0.480 e. The molecule has 0 radical (unpaired) electrons. The second kappa shape index (κ2) is 12.0. The molecule has 2 heterocycles. The summed E-state index contributed by atoms with van der Waals surface area (Å²) in [4.78, 5) is 57.8. The van der Waals surface area contributed by atoms with Crippen molar-refractivity contribution in [2.24, 2.45) is 21.6 Å². The van der Waals surface area contributed by atoms with Crippen molar-refractivity contribution in [2.45, 2.75) is 38.6 Å². The standard InChI is InChI=1S/C24H31N7O5/c1-3-18(32)31(2)11-5-4-6-17(23(35)36)28-21(33)14-7-9-16(10-8-14)26-12-15-13-27-20-19(15)22(34)30-24(25)29-20/h7-10,13,17,19,26H,3-6,11-12H2,1-2H3,(H,28,33)(H,35,36)(H3,25,27,29,30,34)/t17-,19?/m0/s1. The third kappa shape index (κ3) is 6.68. The highest BCUT2D eigenvalue weighted by Crippen LogP contribution is 2.24. The summed E-state index contributed by atoms with van der Waals surface area (Å²) in [6, 6.07) is 5.54. The number of rotatable bonds is 12. The van der Waals surface area contributed by atoms with Crippen molar-refractivity contribution in [2.75, 3.05) is 25.5 Å². The van der Waals surface area contributed by atoms with E-state index in [0.717, 1.165) is 5.57 Å². The molecule has 2 atom stereocenters. The van der Waals surface area contributed by atoms with Crippen molar-refractivity contribution in [1.82, 2.24) is 15.5 Å². The second-order valence-electron chi connectivity index (χ2n) is 8.57. The first-order chi connectivity index (χ1) is 17.2. The Morgan fingerprint density at radius 1 is 1.22 bits per heavy atom. The van der Waals surface area contributed by atoms with Crippen LogP contribution in [0.4, 0.5) is 5.69 Å². The van der Waals surface area contributed by atoms with Crippen molar-refractivity contribution in [3.05, 3.63) is 41.6 Å². The topological polar surface area (TPSA) is 179 Å². The average molecular weight is 498 g/mol. The molecular weight excluding hydrogens is 466 g/mol. The Morgan fingerprint density at radius 2 is 1.94 bits per heavy atom. The number of benzene rings is 1. The summed E-state index contributed by atoms with van der Waals surface area (Å²) in [5.74, 6) is -2.05. The van der Waals surface area contributed by atoms with Gasteiger partial charge in [0.25, 0.3) is 5.91 Å². The number of nitrogens with one attached hydrogen (secondary N) is 3. The van der Waals surface area contributed by atoms with Crippen LogP contribution in [-0.4, -0.2) is 71.7 Å². The van der Waals surface area contributed by atoms with Crippen LogP contribution in [0.1, 0.15) is 43.0 Å². The molecule has 0 saturated heterocycles. The van der Waals surface area contributed by atoms with Gasteiger partial charge in [0.1, 0.15) is 17.8 Å². The molecule has 3 amide bonds. The molecule has 6 N–H and O–H groups in total. The largest absolute Gasteiger partial charge is 0.480 e. The molecule has 1 aromatic carbocycles. The first-order valence-corrected chi connectivity index (χ1v) is 11.7. The number of aliphatic carboxylic acids is 1. The van der Waals surface area contributed by atoms with Crippen molar-refractivity contribution in [3.63, 3.8) is 0 Å². The maximum absolute atomic E-state index is 12.6. The number of amides is 3. The summed E-state index contributed by atoms with van der Waals surface area (Å²) < 4.78 is 0. The van der Waals surface area contributed by atoms with Crippen LogP contribution >= 0.6 is 0 Å². The number of carboxylic acid groups (broad SMARTS) is 1. The number of anilines is 1. The van der Waals surface area contributed by atoms with E-state index in [2.05, 4.69) is 25.9 Å². The molecule has 0 fully saturated rings. The molecule has 12 heteroatoms. The highest BCUT2D eigenvalue weighted by Gasteiger charge is 2.35. The van der Waals surface area contributed by atoms with E-state index in [9.17, 15) is 24.3 Å². The van der Waals surface area contributed by atoms with E-state index < -0.39 is 23.8 Å². The van der Waals surface area contributed by atoms with E-state index in [1.807, 2.05) is 0 Å². The lowest BCUT2D eigenvalue weighted by atomic mass is 9.98. The van der Waals surface area contributed by atoms with Gasteiger partial charge in [-0.1, -0.05) is 6.92 Å². The third-order valence-electron chi connectivity index (χ3n) is 5.95. The molecule has 1 aromatic rings. The predicted octanol–water partition coefficient (Wildman–Crippen LogP) is 0.677. The number of amidine groups is 1. The van der Waals surface area contributed by atoms with Crippen molar-refractivity contribution >= 4 is 41.2 Å². The summed E-state index contributed by atoms with van der Waals surface area (Å²) >= 11 is 0. The molecule has 0 bridgehead atoms. The first-order valence-electron chi connectivity index (χ1n) is 11.7. The Hall–Kier alpha value is -4.22. The van der Waals surface area contributed by atoms with Crippen LogP contribution in [0.15, 0.2) is 46.0 Å². The average Bonchev–Trinajstić information content (AvgIpc) is 3.26. The lowest BCUT2D eigenvalue weighted by Crippen LogP contribution is -2.47. The highest BCUT2D eigenvalue weighted by atomic mass is 16.4. The smallest absolute Gasteiger partial charge is 0.326 e. The number of carbonyl (C=O) groups excluding carboxylic acids is 3. The molecule has 192 valence electrons. The van der Waals surface area contributed by atoms with Crippen LogP contribution in [0.2, 0.25) is 0 Å². The van der Waals surface area contributed by atoms with Gasteiger partial charge in [-0.25, -0.2) is 9.79 Å². The number of carbonyl (C=O) groups is 4. The van der Waals surface area contributed by atoms with Gasteiger partial charge in [0.2, 0.25) is 17.8 Å². The fourth-order valence-electron chi connectivity index (χ4n) is 3.88. The van der Waals surface area contributed by atoms with Gasteiger partial charge >= 0.3 is 5.97 Å².